The Kier molecular flexibility index (Phi) is 3.62. The van der Waals surface area contributed by atoms with Gasteiger partial charge >= 0.3 is 5.63 Å². The number of nitro benzene ring substituents is 1. The Hall–Kier alpha value is -3.81. The molecular weight excluding hydrogens is 352 g/mol. The number of nitrogens with zero attached hydrogens (tertiary/aromatic N) is 2. The summed E-state index contributed by atoms with van der Waals surface area (Å²) in [4.78, 5) is 48.4. The van der Waals surface area contributed by atoms with Crippen molar-refractivity contribution in [2.24, 2.45) is 0 Å². The van der Waals surface area contributed by atoms with Gasteiger partial charge in [0.15, 0.2) is 0 Å². The van der Waals surface area contributed by atoms with Crippen LogP contribution in [0.4, 0.5) is 5.69 Å². The van der Waals surface area contributed by atoms with Gasteiger partial charge in [-0.1, -0.05) is 12.1 Å². The number of nitro groups is 1. The van der Waals surface area contributed by atoms with Gasteiger partial charge in [0, 0.05) is 23.6 Å². The van der Waals surface area contributed by atoms with E-state index in [9.17, 15) is 24.5 Å². The molecule has 1 aliphatic rings. The third-order valence-corrected chi connectivity index (χ3v) is 4.48. The predicted molar refractivity (Wildman–Crippen MR) is 94.5 cm³/mol. The SMILES string of the molecule is Cc1ccc2c(CN3C(=O)c4ccc([N+](=O)[O-])cc4C3=O)cc(=O)oc2c1. The molecule has 2 amide bonds. The molecule has 27 heavy (non-hydrogen) atoms. The summed E-state index contributed by atoms with van der Waals surface area (Å²) in [6.07, 6.45) is 0. The summed E-state index contributed by atoms with van der Waals surface area (Å²) in [6.45, 7) is 1.72. The molecule has 2 aromatic carbocycles. The second kappa shape index (κ2) is 5.87. The fourth-order valence-electron chi connectivity index (χ4n) is 3.17. The van der Waals surface area contributed by atoms with Crippen molar-refractivity contribution in [3.8, 4) is 0 Å². The van der Waals surface area contributed by atoms with Crippen LogP contribution < -0.4 is 5.63 Å². The van der Waals surface area contributed by atoms with E-state index < -0.39 is 22.4 Å². The number of aryl methyl sites for hydroxylation is 1. The van der Waals surface area contributed by atoms with Crippen LogP contribution >= 0.6 is 0 Å². The second-order valence-corrected chi connectivity index (χ2v) is 6.27. The first-order valence-corrected chi connectivity index (χ1v) is 8.03. The van der Waals surface area contributed by atoms with Gasteiger partial charge in [-0.15, -0.1) is 0 Å². The monoisotopic (exact) mass is 364 g/mol. The molecule has 0 radical (unpaired) electrons. The lowest BCUT2D eigenvalue weighted by atomic mass is 10.1. The van der Waals surface area contributed by atoms with Crippen molar-refractivity contribution in [2.45, 2.75) is 13.5 Å². The van der Waals surface area contributed by atoms with Crippen LogP contribution in [0.3, 0.4) is 0 Å². The summed E-state index contributed by atoms with van der Waals surface area (Å²) in [6, 6.07) is 10.1. The number of imide groups is 1. The van der Waals surface area contributed by atoms with Gasteiger partial charge in [0.25, 0.3) is 17.5 Å². The first-order valence-electron chi connectivity index (χ1n) is 8.03. The molecule has 8 heteroatoms. The molecule has 3 aromatic rings. The smallest absolute Gasteiger partial charge is 0.336 e. The predicted octanol–water partition coefficient (Wildman–Crippen LogP) is 2.81. The molecule has 1 aliphatic heterocycles. The number of benzene rings is 2. The summed E-state index contributed by atoms with van der Waals surface area (Å²) in [5, 5.41) is 11.5. The lowest BCUT2D eigenvalue weighted by Gasteiger charge is -2.15. The lowest BCUT2D eigenvalue weighted by Crippen LogP contribution is -2.29. The van der Waals surface area contributed by atoms with Crippen LogP contribution in [0, 0.1) is 17.0 Å². The summed E-state index contributed by atoms with van der Waals surface area (Å²) in [5.74, 6) is -1.19. The molecule has 0 atom stereocenters. The molecule has 0 unspecified atom stereocenters. The molecule has 134 valence electrons. The maximum Gasteiger partial charge on any atom is 0.336 e. The largest absolute Gasteiger partial charge is 0.423 e. The van der Waals surface area contributed by atoms with Gasteiger partial charge in [0.1, 0.15) is 5.58 Å². The summed E-state index contributed by atoms with van der Waals surface area (Å²) < 4.78 is 5.19. The van der Waals surface area contributed by atoms with E-state index in [-0.39, 0.29) is 23.4 Å². The molecule has 0 N–H and O–H groups in total. The normalized spacial score (nSPS) is 13.3. The molecule has 8 nitrogen and oxygen atoms in total. The molecule has 0 saturated heterocycles. The summed E-state index contributed by atoms with van der Waals surface area (Å²) in [7, 11) is 0. The number of hydrogen-bond acceptors (Lipinski definition) is 6. The quantitative estimate of drug-likeness (QED) is 0.306. The fourth-order valence-corrected chi connectivity index (χ4v) is 3.17. The number of amides is 2. The van der Waals surface area contributed by atoms with Gasteiger partial charge in [-0.25, -0.2) is 4.79 Å². The van der Waals surface area contributed by atoms with Crippen LogP contribution in [0.1, 0.15) is 31.8 Å². The van der Waals surface area contributed by atoms with Gasteiger partial charge in [-0.2, -0.15) is 0 Å². The maximum absolute atomic E-state index is 12.6. The van der Waals surface area contributed by atoms with Crippen molar-refractivity contribution in [3.63, 3.8) is 0 Å². The molecule has 1 aromatic heterocycles. The van der Waals surface area contributed by atoms with Crippen LogP contribution in [0.5, 0.6) is 0 Å². The molecule has 0 aliphatic carbocycles. The fraction of sp³-hybridized carbons (Fsp3) is 0.105. The first kappa shape index (κ1) is 16.6. The van der Waals surface area contributed by atoms with Crippen LogP contribution in [0.15, 0.2) is 51.7 Å². The van der Waals surface area contributed by atoms with Crippen molar-refractivity contribution in [1.82, 2.24) is 4.90 Å². The first-order chi connectivity index (χ1) is 12.8. The molecule has 0 fully saturated rings. The van der Waals surface area contributed by atoms with Crippen LogP contribution in [-0.2, 0) is 6.54 Å². The topological polar surface area (TPSA) is 111 Å². The molecule has 4 rings (SSSR count). The number of rotatable bonds is 3. The standard InChI is InChI=1S/C19H12N2O6/c1-10-2-4-13-11(7-17(22)27-16(13)6-10)9-20-18(23)14-5-3-12(21(25)26)8-15(14)19(20)24/h2-8H,9H2,1H3. The molecule has 2 heterocycles. The Morgan fingerprint density at radius 2 is 1.74 bits per heavy atom. The lowest BCUT2D eigenvalue weighted by molar-refractivity contribution is -0.384. The second-order valence-electron chi connectivity index (χ2n) is 6.27. The van der Waals surface area contributed by atoms with Crippen molar-refractivity contribution in [1.29, 1.82) is 0 Å². The van der Waals surface area contributed by atoms with Crippen LogP contribution in [0.25, 0.3) is 11.0 Å². The zero-order valence-electron chi connectivity index (χ0n) is 14.1. The van der Waals surface area contributed by atoms with E-state index in [1.54, 1.807) is 12.1 Å². The van der Waals surface area contributed by atoms with Gasteiger partial charge in [-0.05, 0) is 30.2 Å². The average Bonchev–Trinajstić information content (AvgIpc) is 2.85. The molecule has 0 spiro atoms. The highest BCUT2D eigenvalue weighted by Crippen LogP contribution is 2.29. The maximum atomic E-state index is 12.6. The number of fused-ring (bicyclic) bond motifs is 2. The zero-order valence-corrected chi connectivity index (χ0v) is 14.1. The minimum absolute atomic E-state index is 0.0164. The zero-order chi connectivity index (χ0) is 19.3. The highest BCUT2D eigenvalue weighted by molar-refractivity contribution is 6.21. The van der Waals surface area contributed by atoms with Gasteiger partial charge in [0.2, 0.25) is 0 Å². The molecular formula is C19H12N2O6. The number of non-ortho nitro benzene ring substituents is 1. The summed E-state index contributed by atoms with van der Waals surface area (Å²) >= 11 is 0. The third kappa shape index (κ3) is 2.67. The Bertz CT molecular complexity index is 1210. The highest BCUT2D eigenvalue weighted by atomic mass is 16.6. The van der Waals surface area contributed by atoms with Crippen molar-refractivity contribution in [2.75, 3.05) is 0 Å². The number of carbonyl (C=O) groups is 2. The third-order valence-electron chi connectivity index (χ3n) is 4.48. The van der Waals surface area contributed by atoms with Gasteiger partial charge in [-0.3, -0.25) is 24.6 Å². The van der Waals surface area contributed by atoms with Crippen molar-refractivity contribution in [3.05, 3.63) is 85.3 Å². The number of carbonyl (C=O) groups excluding carboxylic acids is 2. The Balaban J connectivity index is 1.77. The molecule has 0 bridgehead atoms. The van der Waals surface area contributed by atoms with E-state index in [1.165, 1.54) is 18.2 Å². The minimum atomic E-state index is -0.632. The van der Waals surface area contributed by atoms with Crippen LogP contribution in [0.2, 0.25) is 0 Å². The summed E-state index contributed by atoms with van der Waals surface area (Å²) in [5.41, 5.74) is 0.963. The van der Waals surface area contributed by atoms with E-state index in [4.69, 9.17) is 4.42 Å². The average molecular weight is 364 g/mol. The Labute approximate surface area is 151 Å². The van der Waals surface area contributed by atoms with E-state index in [1.807, 2.05) is 13.0 Å². The molecule has 0 saturated carbocycles. The van der Waals surface area contributed by atoms with E-state index in [0.717, 1.165) is 16.5 Å². The Morgan fingerprint density at radius 1 is 1.00 bits per heavy atom. The van der Waals surface area contributed by atoms with Gasteiger partial charge in [0.05, 0.1) is 22.6 Å². The van der Waals surface area contributed by atoms with Gasteiger partial charge < -0.3 is 4.42 Å². The van der Waals surface area contributed by atoms with E-state index in [0.29, 0.717) is 16.5 Å². The Morgan fingerprint density at radius 3 is 2.48 bits per heavy atom. The van der Waals surface area contributed by atoms with E-state index >= 15 is 0 Å². The van der Waals surface area contributed by atoms with Crippen molar-refractivity contribution >= 4 is 28.5 Å². The minimum Gasteiger partial charge on any atom is -0.423 e. The van der Waals surface area contributed by atoms with Crippen LogP contribution in [-0.4, -0.2) is 21.6 Å². The number of hydrogen-bond donors (Lipinski definition) is 0. The highest BCUT2D eigenvalue weighted by Gasteiger charge is 2.37. The van der Waals surface area contributed by atoms with Crippen molar-refractivity contribution < 1.29 is 18.9 Å². The van der Waals surface area contributed by atoms with E-state index in [2.05, 4.69) is 0 Å².